The molecule has 31 heavy (non-hydrogen) atoms. The molecule has 0 radical (unpaired) electrons. The molecule has 1 atom stereocenters. The van der Waals surface area contributed by atoms with E-state index in [4.69, 9.17) is 11.6 Å². The molecule has 0 bridgehead atoms. The predicted molar refractivity (Wildman–Crippen MR) is 124 cm³/mol. The Morgan fingerprint density at radius 2 is 2.03 bits per heavy atom. The van der Waals surface area contributed by atoms with Gasteiger partial charge in [0.05, 0.1) is 11.7 Å². The molecule has 0 spiro atoms. The minimum atomic E-state index is -0.123. The van der Waals surface area contributed by atoms with Gasteiger partial charge in [-0.2, -0.15) is 0 Å². The summed E-state index contributed by atoms with van der Waals surface area (Å²) in [4.78, 5) is 26.8. The maximum Gasteiger partial charge on any atom is 0.234 e. The number of hydrogen-bond acceptors (Lipinski definition) is 6. The summed E-state index contributed by atoms with van der Waals surface area (Å²) >= 11 is 7.43. The summed E-state index contributed by atoms with van der Waals surface area (Å²) in [5.74, 6) is 1.04. The molecule has 2 aliphatic rings. The Kier molecular flexibility index (Phi) is 6.97. The van der Waals surface area contributed by atoms with Crippen molar-refractivity contribution in [3.8, 4) is 0 Å². The first-order valence-corrected chi connectivity index (χ1v) is 11.9. The van der Waals surface area contributed by atoms with Crippen LogP contribution in [-0.2, 0) is 9.59 Å². The highest BCUT2D eigenvalue weighted by Gasteiger charge is 2.30. The molecule has 1 aliphatic carbocycles. The molecule has 9 heteroatoms. The molecule has 2 fully saturated rings. The van der Waals surface area contributed by atoms with Crippen LogP contribution in [0.3, 0.4) is 0 Å². The maximum absolute atomic E-state index is 12.4. The number of aromatic nitrogens is 2. The topological polar surface area (TPSA) is 87.2 Å². The largest absolute Gasteiger partial charge is 0.354 e. The van der Waals surface area contributed by atoms with E-state index in [1.54, 1.807) is 6.07 Å². The van der Waals surface area contributed by atoms with E-state index in [0.29, 0.717) is 28.3 Å². The van der Waals surface area contributed by atoms with Crippen molar-refractivity contribution in [3.05, 3.63) is 40.9 Å². The van der Waals surface area contributed by atoms with Gasteiger partial charge >= 0.3 is 0 Å². The number of carbonyl (C=O) groups excluding carboxylic acids is 2. The molecule has 1 aromatic carbocycles. The zero-order valence-electron chi connectivity index (χ0n) is 17.4. The number of carbonyl (C=O) groups is 2. The van der Waals surface area contributed by atoms with Crippen molar-refractivity contribution >= 4 is 46.7 Å². The minimum Gasteiger partial charge on any atom is -0.354 e. The van der Waals surface area contributed by atoms with E-state index in [0.717, 1.165) is 43.6 Å². The van der Waals surface area contributed by atoms with Crippen LogP contribution in [0.5, 0.6) is 0 Å². The van der Waals surface area contributed by atoms with Crippen molar-refractivity contribution in [1.82, 2.24) is 15.5 Å². The zero-order valence-corrected chi connectivity index (χ0v) is 19.0. The lowest BCUT2D eigenvalue weighted by Crippen LogP contribution is -2.44. The Bertz CT molecular complexity index is 951. The van der Waals surface area contributed by atoms with Gasteiger partial charge in [-0.15, -0.1) is 10.2 Å². The molecule has 1 aromatic heterocycles. The average Bonchev–Trinajstić information content (AvgIpc) is 3.60. The fraction of sp³-hybridized carbons (Fsp3) is 0.455. The highest BCUT2D eigenvalue weighted by atomic mass is 35.5. The van der Waals surface area contributed by atoms with E-state index < -0.39 is 0 Å². The maximum atomic E-state index is 12.4. The van der Waals surface area contributed by atoms with Crippen molar-refractivity contribution in [2.75, 3.05) is 29.1 Å². The number of amides is 2. The Labute approximate surface area is 191 Å². The molecule has 2 N–H and O–H groups in total. The molecular formula is C22H26ClN5O2S. The summed E-state index contributed by atoms with van der Waals surface area (Å²) in [7, 11) is 0. The molecule has 0 unspecified atom stereocenters. The van der Waals surface area contributed by atoms with Crippen LogP contribution in [0.15, 0.2) is 35.4 Å². The summed E-state index contributed by atoms with van der Waals surface area (Å²) in [5, 5.41) is 15.9. The predicted octanol–water partition coefficient (Wildman–Crippen LogP) is 3.66. The fourth-order valence-corrected chi connectivity index (χ4v) is 4.36. The van der Waals surface area contributed by atoms with Gasteiger partial charge in [-0.1, -0.05) is 29.4 Å². The van der Waals surface area contributed by atoms with E-state index in [1.807, 2.05) is 31.2 Å². The Morgan fingerprint density at radius 3 is 2.77 bits per heavy atom. The lowest BCUT2D eigenvalue weighted by Gasteiger charge is -2.32. The fourth-order valence-electron chi connectivity index (χ4n) is 3.57. The van der Waals surface area contributed by atoms with E-state index in [-0.39, 0.29) is 23.5 Å². The quantitative estimate of drug-likeness (QED) is 0.614. The van der Waals surface area contributed by atoms with Crippen molar-refractivity contribution in [2.24, 2.45) is 5.92 Å². The van der Waals surface area contributed by atoms with E-state index in [2.05, 4.69) is 25.7 Å². The third-order valence-electron chi connectivity index (χ3n) is 5.56. The van der Waals surface area contributed by atoms with Crippen molar-refractivity contribution < 1.29 is 9.59 Å². The first kappa shape index (κ1) is 21.9. The number of hydrogen-bond donors (Lipinski definition) is 2. The van der Waals surface area contributed by atoms with Gasteiger partial charge in [-0.05, 0) is 62.4 Å². The third kappa shape index (κ3) is 5.89. The van der Waals surface area contributed by atoms with Gasteiger partial charge < -0.3 is 15.5 Å². The molecule has 7 nitrogen and oxygen atoms in total. The van der Waals surface area contributed by atoms with E-state index in [1.165, 1.54) is 11.8 Å². The average molecular weight is 460 g/mol. The number of nitrogens with zero attached hydrogens (tertiary/aromatic N) is 3. The number of piperidine rings is 1. The van der Waals surface area contributed by atoms with Gasteiger partial charge in [0.25, 0.3) is 0 Å². The van der Waals surface area contributed by atoms with E-state index in [9.17, 15) is 9.59 Å². The molecule has 4 rings (SSSR count). The standard InChI is InChI=1S/C22H26ClN5O2S/c1-14-17(23)5-2-6-18(14)25-20(29)13-31-21-10-9-19(26-27-21)28-11-3-4-15(12-28)22(30)24-16-7-8-16/h2,5-6,9-10,15-16H,3-4,7-8,11-13H2,1H3,(H,24,30)(H,25,29)/t15-/m0/s1. The van der Waals surface area contributed by atoms with Crippen molar-refractivity contribution in [1.29, 1.82) is 0 Å². The smallest absolute Gasteiger partial charge is 0.234 e. The number of rotatable bonds is 7. The molecule has 2 heterocycles. The summed E-state index contributed by atoms with van der Waals surface area (Å²) < 4.78 is 0. The van der Waals surface area contributed by atoms with Crippen LogP contribution in [0.4, 0.5) is 11.5 Å². The second kappa shape index (κ2) is 9.87. The van der Waals surface area contributed by atoms with Crippen LogP contribution in [0.25, 0.3) is 0 Å². The van der Waals surface area contributed by atoms with E-state index >= 15 is 0 Å². The number of benzene rings is 1. The minimum absolute atomic E-state index is 0.00356. The van der Waals surface area contributed by atoms with Gasteiger partial charge in [-0.3, -0.25) is 9.59 Å². The first-order chi connectivity index (χ1) is 15.0. The van der Waals surface area contributed by atoms with Crippen LogP contribution in [0.2, 0.25) is 5.02 Å². The number of nitrogens with one attached hydrogen (secondary N) is 2. The van der Waals surface area contributed by atoms with Crippen LogP contribution >= 0.6 is 23.4 Å². The first-order valence-electron chi connectivity index (χ1n) is 10.6. The summed E-state index contributed by atoms with van der Waals surface area (Å²) in [6.45, 7) is 3.41. The van der Waals surface area contributed by atoms with Gasteiger partial charge in [0.1, 0.15) is 5.03 Å². The van der Waals surface area contributed by atoms with Crippen LogP contribution in [0.1, 0.15) is 31.2 Å². The summed E-state index contributed by atoms with van der Waals surface area (Å²) in [6, 6.07) is 9.61. The molecular weight excluding hydrogens is 434 g/mol. The highest BCUT2D eigenvalue weighted by Crippen LogP contribution is 2.26. The SMILES string of the molecule is Cc1c(Cl)cccc1NC(=O)CSc1ccc(N2CCC[C@H](C(=O)NC3CC3)C2)nn1. The molecule has 164 valence electrons. The van der Waals surface area contributed by atoms with Crippen molar-refractivity contribution in [3.63, 3.8) is 0 Å². The lowest BCUT2D eigenvalue weighted by atomic mass is 9.97. The summed E-state index contributed by atoms with van der Waals surface area (Å²) in [6.07, 6.45) is 4.08. The molecule has 1 saturated heterocycles. The number of anilines is 2. The summed E-state index contributed by atoms with van der Waals surface area (Å²) in [5.41, 5.74) is 1.56. The zero-order chi connectivity index (χ0) is 21.8. The molecule has 2 aromatic rings. The lowest BCUT2D eigenvalue weighted by molar-refractivity contribution is -0.125. The number of thioether (sulfide) groups is 1. The Balaban J connectivity index is 1.28. The van der Waals surface area contributed by atoms with Gasteiger partial charge in [0, 0.05) is 29.8 Å². The second-order valence-corrected chi connectivity index (χ2v) is 9.45. The van der Waals surface area contributed by atoms with Gasteiger partial charge in [-0.25, -0.2) is 0 Å². The Hall–Kier alpha value is -2.32. The van der Waals surface area contributed by atoms with Crippen LogP contribution < -0.4 is 15.5 Å². The normalized spacial score (nSPS) is 18.5. The third-order valence-corrected chi connectivity index (χ3v) is 6.89. The monoisotopic (exact) mass is 459 g/mol. The van der Waals surface area contributed by atoms with Crippen molar-refractivity contribution in [2.45, 2.75) is 43.7 Å². The Morgan fingerprint density at radius 1 is 1.19 bits per heavy atom. The molecule has 1 aliphatic heterocycles. The second-order valence-electron chi connectivity index (χ2n) is 8.05. The van der Waals surface area contributed by atoms with Crippen LogP contribution in [0, 0.1) is 12.8 Å². The van der Waals surface area contributed by atoms with Gasteiger partial charge in [0.2, 0.25) is 11.8 Å². The molecule has 2 amide bonds. The number of halogens is 1. The van der Waals surface area contributed by atoms with Gasteiger partial charge in [0.15, 0.2) is 5.82 Å². The molecule has 1 saturated carbocycles. The van der Waals surface area contributed by atoms with Crippen LogP contribution in [-0.4, -0.2) is 46.9 Å². The highest BCUT2D eigenvalue weighted by molar-refractivity contribution is 7.99.